The fraction of sp³-hybridized carbons (Fsp3) is 0.364. The molecule has 154 valence electrons. The third-order valence-electron chi connectivity index (χ3n) is 5.89. The van der Waals surface area contributed by atoms with E-state index in [0.29, 0.717) is 16.8 Å². The topological polar surface area (TPSA) is 66.0 Å². The fourth-order valence-electron chi connectivity index (χ4n) is 4.21. The Morgan fingerprint density at radius 3 is 1.70 bits per heavy atom. The van der Waals surface area contributed by atoms with Crippen LogP contribution in [0.1, 0.15) is 25.7 Å². The van der Waals surface area contributed by atoms with Crippen LogP contribution in [0, 0.1) is 0 Å². The van der Waals surface area contributed by atoms with Gasteiger partial charge in [0.1, 0.15) is 0 Å². The molecule has 0 unspecified atom stereocenters. The van der Waals surface area contributed by atoms with Crippen molar-refractivity contribution in [1.29, 1.82) is 0 Å². The summed E-state index contributed by atoms with van der Waals surface area (Å²) in [6, 6.07) is 8.38. The molecule has 0 saturated carbocycles. The van der Waals surface area contributed by atoms with Gasteiger partial charge in [-0.15, -0.1) is 0 Å². The molecule has 2 aliphatic rings. The molecule has 2 aliphatic heterocycles. The molecule has 0 atom stereocenters. The first-order valence-corrected chi connectivity index (χ1v) is 10.9. The van der Waals surface area contributed by atoms with E-state index in [1.165, 1.54) is 37.1 Å². The molecule has 7 nitrogen and oxygen atoms in total. The summed E-state index contributed by atoms with van der Waals surface area (Å²) in [5.41, 5.74) is 8.57. The van der Waals surface area contributed by atoms with Crippen LogP contribution in [0.3, 0.4) is 0 Å². The van der Waals surface area contributed by atoms with Crippen molar-refractivity contribution in [3.8, 4) is 11.8 Å². The zero-order valence-corrected chi connectivity index (χ0v) is 17.7. The minimum Gasteiger partial charge on any atom is -0.371 e. The number of anilines is 3. The van der Waals surface area contributed by atoms with Crippen molar-refractivity contribution in [1.82, 2.24) is 9.97 Å². The second kappa shape index (κ2) is 8.07. The van der Waals surface area contributed by atoms with Crippen molar-refractivity contribution in [2.45, 2.75) is 25.7 Å². The van der Waals surface area contributed by atoms with E-state index in [1.54, 1.807) is 0 Å². The number of halogens is 1. The quantitative estimate of drug-likeness (QED) is 0.653. The highest BCUT2D eigenvalue weighted by Gasteiger charge is 2.26. The average molecular weight is 424 g/mol. The Kier molecular flexibility index (Phi) is 5.12. The molecular weight excluding hydrogens is 398 g/mol. The molecule has 8 heteroatoms. The van der Waals surface area contributed by atoms with Crippen LogP contribution in [0.5, 0.6) is 0 Å². The fourth-order valence-corrected chi connectivity index (χ4v) is 4.39. The van der Waals surface area contributed by atoms with E-state index < -0.39 is 0 Å². The van der Waals surface area contributed by atoms with Crippen molar-refractivity contribution in [2.24, 2.45) is 0 Å². The normalized spacial score (nSPS) is 16.4. The van der Waals surface area contributed by atoms with E-state index in [0.717, 1.165) is 26.2 Å². The van der Waals surface area contributed by atoms with Gasteiger partial charge in [0.15, 0.2) is 5.02 Å². The van der Waals surface area contributed by atoms with Crippen molar-refractivity contribution in [3.05, 3.63) is 54.1 Å². The van der Waals surface area contributed by atoms with E-state index in [9.17, 15) is 0 Å². The van der Waals surface area contributed by atoms with Crippen LogP contribution in [0.2, 0.25) is 5.02 Å². The first-order chi connectivity index (χ1) is 14.7. The summed E-state index contributed by atoms with van der Waals surface area (Å²) in [7, 11) is 0. The Labute approximate surface area is 181 Å². The highest BCUT2D eigenvalue weighted by Crippen LogP contribution is 2.23. The predicted octanol–water partition coefficient (Wildman–Crippen LogP) is 2.47. The van der Waals surface area contributed by atoms with Crippen molar-refractivity contribution >= 4 is 28.8 Å². The third kappa shape index (κ3) is 3.65. The molecule has 2 fully saturated rings. The molecule has 3 aromatic rings. The summed E-state index contributed by atoms with van der Waals surface area (Å²) in [5, 5.41) is 0.354. The maximum atomic E-state index is 6.47. The van der Waals surface area contributed by atoms with Crippen LogP contribution in [0.4, 0.5) is 17.2 Å². The first-order valence-electron chi connectivity index (χ1n) is 10.6. The van der Waals surface area contributed by atoms with E-state index >= 15 is 0 Å². The van der Waals surface area contributed by atoms with Crippen molar-refractivity contribution in [3.63, 3.8) is 0 Å². The molecule has 0 amide bonds. The van der Waals surface area contributed by atoms with Gasteiger partial charge in [-0.3, -0.25) is 0 Å². The molecule has 3 aromatic heterocycles. The monoisotopic (exact) mass is 423 g/mol. The van der Waals surface area contributed by atoms with Gasteiger partial charge in [-0.2, -0.15) is 4.57 Å². The Hall–Kier alpha value is -2.93. The standard InChI is InChI=1S/C22H26ClN7/c23-19-20(24)25-22(30-15-7-18(8-16-30)28-11-3-4-12-28)26-21(19)29-13-5-17(6-14-29)27-9-1-2-10-27/h5-8,13-16H,1-4,9-12H2,(H2,24,25,26)/q+2. The summed E-state index contributed by atoms with van der Waals surface area (Å²) in [6.07, 6.45) is 12.9. The Morgan fingerprint density at radius 1 is 0.733 bits per heavy atom. The Morgan fingerprint density at radius 2 is 1.20 bits per heavy atom. The predicted molar refractivity (Wildman–Crippen MR) is 117 cm³/mol. The summed E-state index contributed by atoms with van der Waals surface area (Å²) in [4.78, 5) is 13.9. The molecule has 5 rings (SSSR count). The largest absolute Gasteiger partial charge is 0.479 e. The van der Waals surface area contributed by atoms with Crippen LogP contribution in [0.15, 0.2) is 49.1 Å². The number of nitrogens with two attached hydrogens (primary N) is 1. The number of rotatable bonds is 4. The lowest BCUT2D eigenvalue weighted by atomic mass is 10.3. The smallest absolute Gasteiger partial charge is 0.371 e. The van der Waals surface area contributed by atoms with Crippen LogP contribution >= 0.6 is 11.6 Å². The number of nitrogen functional groups attached to an aromatic ring is 1. The molecule has 30 heavy (non-hydrogen) atoms. The molecule has 0 aromatic carbocycles. The van der Waals surface area contributed by atoms with E-state index in [4.69, 9.17) is 22.3 Å². The molecule has 2 saturated heterocycles. The number of pyridine rings is 2. The molecule has 0 bridgehead atoms. The summed E-state index contributed by atoms with van der Waals surface area (Å²) in [5.74, 6) is 1.34. The number of aromatic nitrogens is 4. The van der Waals surface area contributed by atoms with Crippen LogP contribution in [-0.2, 0) is 0 Å². The van der Waals surface area contributed by atoms with Crippen LogP contribution in [0.25, 0.3) is 11.8 Å². The molecular formula is C22H26ClN7+2. The lowest BCUT2D eigenvalue weighted by molar-refractivity contribution is -0.614. The van der Waals surface area contributed by atoms with Crippen molar-refractivity contribution in [2.75, 3.05) is 41.7 Å². The van der Waals surface area contributed by atoms with Gasteiger partial charge >= 0.3 is 11.8 Å². The lowest BCUT2D eigenvalue weighted by Gasteiger charge is -2.17. The van der Waals surface area contributed by atoms with E-state index in [-0.39, 0.29) is 5.82 Å². The zero-order chi connectivity index (χ0) is 20.5. The third-order valence-corrected chi connectivity index (χ3v) is 6.25. The Balaban J connectivity index is 1.45. The van der Waals surface area contributed by atoms with Crippen molar-refractivity contribution < 1.29 is 9.13 Å². The second-order valence-corrected chi connectivity index (χ2v) is 8.24. The maximum Gasteiger partial charge on any atom is 0.479 e. The minimum absolute atomic E-state index is 0.268. The number of nitrogens with zero attached hydrogens (tertiary/aromatic N) is 6. The molecule has 0 aliphatic carbocycles. The van der Waals surface area contributed by atoms with Gasteiger partial charge in [-0.25, -0.2) is 4.57 Å². The SMILES string of the molecule is Nc1nc(-[n+]2ccc(N3CCCC3)cc2)nc(-[n+]2ccc(N3CCCC3)cc2)c1Cl. The van der Waals surface area contributed by atoms with E-state index in [2.05, 4.69) is 39.0 Å². The lowest BCUT2D eigenvalue weighted by Crippen LogP contribution is -2.38. The molecule has 2 N–H and O–H groups in total. The number of hydrogen-bond acceptors (Lipinski definition) is 5. The summed E-state index contributed by atoms with van der Waals surface area (Å²) >= 11 is 6.47. The molecule has 5 heterocycles. The number of hydrogen-bond donors (Lipinski definition) is 1. The summed E-state index contributed by atoms with van der Waals surface area (Å²) in [6.45, 7) is 4.45. The van der Waals surface area contributed by atoms with Gasteiger partial charge < -0.3 is 15.5 Å². The van der Waals surface area contributed by atoms with Crippen LogP contribution < -0.4 is 24.7 Å². The Bertz CT molecular complexity index is 1020. The molecule has 0 spiro atoms. The van der Waals surface area contributed by atoms with E-state index in [1.807, 2.05) is 33.9 Å². The van der Waals surface area contributed by atoms with Crippen LogP contribution in [-0.4, -0.2) is 36.1 Å². The highest BCUT2D eigenvalue weighted by molar-refractivity contribution is 6.34. The molecule has 0 radical (unpaired) electrons. The van der Waals surface area contributed by atoms with Gasteiger partial charge in [0, 0.05) is 54.7 Å². The summed E-state index contributed by atoms with van der Waals surface area (Å²) < 4.78 is 3.76. The first kappa shape index (κ1) is 19.1. The second-order valence-electron chi connectivity index (χ2n) is 7.86. The van der Waals surface area contributed by atoms with Gasteiger partial charge in [-0.1, -0.05) is 11.6 Å². The van der Waals surface area contributed by atoms with Gasteiger partial charge in [-0.05, 0) is 42.8 Å². The zero-order valence-electron chi connectivity index (χ0n) is 16.9. The minimum atomic E-state index is 0.268. The average Bonchev–Trinajstić information content (AvgIpc) is 3.50. The van der Waals surface area contributed by atoms with Gasteiger partial charge in [0.25, 0.3) is 0 Å². The maximum absolute atomic E-state index is 6.47. The van der Waals surface area contributed by atoms with Gasteiger partial charge in [0.2, 0.25) is 5.82 Å². The highest BCUT2D eigenvalue weighted by atomic mass is 35.5. The van der Waals surface area contributed by atoms with Gasteiger partial charge in [0.05, 0.1) is 24.8 Å².